The van der Waals surface area contributed by atoms with Crippen LogP contribution >= 0.6 is 0 Å². The van der Waals surface area contributed by atoms with Crippen molar-refractivity contribution in [1.29, 1.82) is 0 Å². The smallest absolute Gasteiger partial charge is 0.0471 e. The third-order valence-electron chi connectivity index (χ3n) is 4.17. The van der Waals surface area contributed by atoms with E-state index in [1.165, 1.54) is 57.9 Å². The second kappa shape index (κ2) is 5.86. The van der Waals surface area contributed by atoms with Gasteiger partial charge in [-0.25, -0.2) is 0 Å². The fourth-order valence-corrected chi connectivity index (χ4v) is 3.14. The molecule has 1 aliphatic heterocycles. The molecule has 0 radical (unpaired) electrons. The molecule has 0 amide bonds. The average Bonchev–Trinajstić information content (AvgIpc) is 2.65. The normalized spacial score (nSPS) is 31.4. The van der Waals surface area contributed by atoms with Gasteiger partial charge in [-0.15, -0.1) is 0 Å². The Bertz CT molecular complexity index is 175. The van der Waals surface area contributed by atoms with Gasteiger partial charge in [0.2, 0.25) is 0 Å². The summed E-state index contributed by atoms with van der Waals surface area (Å²) in [7, 11) is 0. The highest BCUT2D eigenvalue weighted by Gasteiger charge is 2.27. The molecule has 1 aliphatic carbocycles. The zero-order valence-corrected chi connectivity index (χ0v) is 9.83. The summed E-state index contributed by atoms with van der Waals surface area (Å²) in [6, 6.07) is 0.835. The van der Waals surface area contributed by atoms with Crippen LogP contribution in [0.5, 0.6) is 0 Å². The molecule has 1 heterocycles. The molecule has 2 heteroatoms. The van der Waals surface area contributed by atoms with Gasteiger partial charge in [0.05, 0.1) is 0 Å². The Morgan fingerprint density at radius 1 is 0.933 bits per heavy atom. The highest BCUT2D eigenvalue weighted by molar-refractivity contribution is 4.81. The van der Waals surface area contributed by atoms with Crippen LogP contribution in [0, 0.1) is 5.92 Å². The third-order valence-corrected chi connectivity index (χ3v) is 4.17. The maximum absolute atomic E-state index is 9.16. The first-order valence-corrected chi connectivity index (χ1v) is 6.75. The van der Waals surface area contributed by atoms with Gasteiger partial charge < -0.3 is 10.0 Å². The Labute approximate surface area is 93.7 Å². The predicted molar refractivity (Wildman–Crippen MR) is 62.9 cm³/mol. The van der Waals surface area contributed by atoms with E-state index in [1.54, 1.807) is 0 Å². The molecule has 0 spiro atoms. The van der Waals surface area contributed by atoms with Crippen LogP contribution in [0.15, 0.2) is 0 Å². The van der Waals surface area contributed by atoms with E-state index in [1.807, 2.05) is 0 Å². The fourth-order valence-electron chi connectivity index (χ4n) is 3.14. The molecule has 0 aromatic carbocycles. The van der Waals surface area contributed by atoms with E-state index in [0.717, 1.165) is 12.6 Å². The van der Waals surface area contributed by atoms with E-state index in [9.17, 15) is 0 Å². The molecule has 15 heavy (non-hydrogen) atoms. The topological polar surface area (TPSA) is 23.5 Å². The summed E-state index contributed by atoms with van der Waals surface area (Å²) in [5.74, 6) is 0.565. The van der Waals surface area contributed by atoms with Crippen molar-refractivity contribution in [3.05, 3.63) is 0 Å². The molecule has 1 atom stereocenters. The molecular weight excluding hydrogens is 186 g/mol. The molecule has 88 valence electrons. The fraction of sp³-hybridized carbons (Fsp3) is 1.00. The number of hydrogen-bond acceptors (Lipinski definition) is 2. The van der Waals surface area contributed by atoms with Crippen molar-refractivity contribution >= 4 is 0 Å². The highest BCUT2D eigenvalue weighted by Crippen LogP contribution is 2.26. The first-order valence-electron chi connectivity index (χ1n) is 6.75. The minimum absolute atomic E-state index is 0.392. The van der Waals surface area contributed by atoms with E-state index in [0.29, 0.717) is 12.5 Å². The summed E-state index contributed by atoms with van der Waals surface area (Å²) < 4.78 is 0. The van der Waals surface area contributed by atoms with Gasteiger partial charge in [-0.2, -0.15) is 0 Å². The molecule has 1 N–H and O–H groups in total. The standard InChI is InChI=1S/C13H25NO/c15-11-12-8-9-14(10-12)13-6-4-2-1-3-5-7-13/h12-13,15H,1-11H2. The minimum Gasteiger partial charge on any atom is -0.396 e. The average molecular weight is 211 g/mol. The number of likely N-dealkylation sites (tertiary alicyclic amines) is 1. The van der Waals surface area contributed by atoms with Crippen molar-refractivity contribution < 1.29 is 5.11 Å². The highest BCUT2D eigenvalue weighted by atomic mass is 16.3. The lowest BCUT2D eigenvalue weighted by molar-refractivity contribution is 0.177. The zero-order valence-electron chi connectivity index (χ0n) is 9.83. The van der Waals surface area contributed by atoms with Gasteiger partial charge in [0.1, 0.15) is 0 Å². The Morgan fingerprint density at radius 2 is 1.60 bits per heavy atom. The maximum atomic E-state index is 9.16. The number of hydrogen-bond donors (Lipinski definition) is 1. The van der Waals surface area contributed by atoms with Gasteiger partial charge >= 0.3 is 0 Å². The summed E-state index contributed by atoms with van der Waals surface area (Å²) in [5, 5.41) is 9.16. The number of nitrogens with zero attached hydrogens (tertiary/aromatic N) is 1. The Hall–Kier alpha value is -0.0800. The molecule has 1 unspecified atom stereocenters. The summed E-state index contributed by atoms with van der Waals surface area (Å²) in [4.78, 5) is 2.65. The second-order valence-corrected chi connectivity index (χ2v) is 5.33. The van der Waals surface area contributed by atoms with Crippen LogP contribution in [0.25, 0.3) is 0 Å². The van der Waals surface area contributed by atoms with Crippen LogP contribution in [-0.4, -0.2) is 35.7 Å². The van der Waals surface area contributed by atoms with Crippen LogP contribution in [0.4, 0.5) is 0 Å². The molecule has 0 aromatic rings. The largest absolute Gasteiger partial charge is 0.396 e. The van der Waals surface area contributed by atoms with Crippen molar-refractivity contribution in [3.8, 4) is 0 Å². The van der Waals surface area contributed by atoms with E-state index < -0.39 is 0 Å². The lowest BCUT2D eigenvalue weighted by Crippen LogP contribution is -2.34. The van der Waals surface area contributed by atoms with Gasteiger partial charge in [0.15, 0.2) is 0 Å². The summed E-state index contributed by atoms with van der Waals surface area (Å²) >= 11 is 0. The SMILES string of the molecule is OCC1CCN(C2CCCCCCC2)C1. The molecule has 0 bridgehead atoms. The number of rotatable bonds is 2. The summed E-state index contributed by atoms with van der Waals surface area (Å²) in [5.41, 5.74) is 0. The van der Waals surface area contributed by atoms with E-state index in [4.69, 9.17) is 5.11 Å². The quantitative estimate of drug-likeness (QED) is 0.758. The van der Waals surface area contributed by atoms with Crippen LogP contribution < -0.4 is 0 Å². The molecule has 1 saturated heterocycles. The molecule has 2 nitrogen and oxygen atoms in total. The van der Waals surface area contributed by atoms with Crippen molar-refractivity contribution in [2.45, 2.75) is 57.4 Å². The Balaban J connectivity index is 1.80. The van der Waals surface area contributed by atoms with E-state index in [-0.39, 0.29) is 0 Å². The summed E-state index contributed by atoms with van der Waals surface area (Å²) in [6.07, 6.45) is 11.2. The maximum Gasteiger partial charge on any atom is 0.0471 e. The van der Waals surface area contributed by atoms with Crippen LogP contribution in [0.2, 0.25) is 0 Å². The van der Waals surface area contributed by atoms with Crippen LogP contribution in [0.1, 0.15) is 51.4 Å². The monoisotopic (exact) mass is 211 g/mol. The van der Waals surface area contributed by atoms with E-state index in [2.05, 4.69) is 4.90 Å². The molecule has 0 aromatic heterocycles. The molecule has 1 saturated carbocycles. The number of aliphatic hydroxyl groups excluding tert-OH is 1. The molecule has 2 rings (SSSR count). The van der Waals surface area contributed by atoms with Gasteiger partial charge in [-0.05, 0) is 31.7 Å². The first kappa shape index (κ1) is 11.4. The van der Waals surface area contributed by atoms with Crippen molar-refractivity contribution in [2.24, 2.45) is 5.92 Å². The number of aliphatic hydroxyl groups is 1. The second-order valence-electron chi connectivity index (χ2n) is 5.33. The van der Waals surface area contributed by atoms with Gasteiger partial charge in [-0.3, -0.25) is 0 Å². The van der Waals surface area contributed by atoms with Gasteiger partial charge in [-0.1, -0.05) is 32.1 Å². The van der Waals surface area contributed by atoms with Crippen LogP contribution in [-0.2, 0) is 0 Å². The molecule has 2 aliphatic rings. The van der Waals surface area contributed by atoms with Crippen molar-refractivity contribution in [3.63, 3.8) is 0 Å². The lowest BCUT2D eigenvalue weighted by Gasteiger charge is -2.29. The minimum atomic E-state index is 0.392. The lowest BCUT2D eigenvalue weighted by atomic mass is 9.96. The molecular formula is C13H25NO. The van der Waals surface area contributed by atoms with Crippen molar-refractivity contribution in [2.75, 3.05) is 19.7 Å². The Morgan fingerprint density at radius 3 is 2.20 bits per heavy atom. The summed E-state index contributed by atoms with van der Waals surface area (Å²) in [6.45, 7) is 2.78. The van der Waals surface area contributed by atoms with Gasteiger partial charge in [0, 0.05) is 19.2 Å². The Kier molecular flexibility index (Phi) is 4.45. The van der Waals surface area contributed by atoms with Crippen molar-refractivity contribution in [1.82, 2.24) is 4.90 Å². The zero-order chi connectivity index (χ0) is 10.5. The first-order chi connectivity index (χ1) is 7.40. The third kappa shape index (κ3) is 3.18. The van der Waals surface area contributed by atoms with Gasteiger partial charge in [0.25, 0.3) is 0 Å². The predicted octanol–water partition coefficient (Wildman–Crippen LogP) is 2.41. The van der Waals surface area contributed by atoms with Crippen LogP contribution in [0.3, 0.4) is 0 Å². The molecule has 2 fully saturated rings. The van der Waals surface area contributed by atoms with E-state index >= 15 is 0 Å².